The average molecular weight is 204 g/mol. The van der Waals surface area contributed by atoms with Gasteiger partial charge in [-0.2, -0.15) is 0 Å². The number of aromatic amines is 1. The molecule has 0 radical (unpaired) electrons. The zero-order valence-corrected chi connectivity index (χ0v) is 9.13. The van der Waals surface area contributed by atoms with Crippen molar-refractivity contribution in [2.75, 3.05) is 0 Å². The number of rotatable bonds is 4. The van der Waals surface area contributed by atoms with Crippen molar-refractivity contribution in [2.45, 2.75) is 26.9 Å². The van der Waals surface area contributed by atoms with E-state index in [1.807, 2.05) is 26.2 Å². The number of hydrogen-bond donors (Lipinski definition) is 2. The van der Waals surface area contributed by atoms with E-state index in [1.165, 1.54) is 11.1 Å². The van der Waals surface area contributed by atoms with Gasteiger partial charge >= 0.3 is 0 Å². The minimum absolute atomic E-state index is 0.856. The third-order valence-corrected chi connectivity index (χ3v) is 2.45. The molecule has 0 saturated heterocycles. The standard InChI is InChI=1S/C12H16N2O/c1-9-5-12(10(2)15-9)8-14-7-11-3-4-13-6-11/h3-6,13-14H,7-8H2,1-2H3. The molecule has 2 rings (SSSR count). The molecule has 0 aliphatic heterocycles. The van der Waals surface area contributed by atoms with E-state index in [4.69, 9.17) is 4.42 Å². The van der Waals surface area contributed by atoms with Crippen molar-refractivity contribution in [3.63, 3.8) is 0 Å². The van der Waals surface area contributed by atoms with Gasteiger partial charge in [0.25, 0.3) is 0 Å². The summed E-state index contributed by atoms with van der Waals surface area (Å²) in [5.41, 5.74) is 2.51. The lowest BCUT2D eigenvalue weighted by molar-refractivity contribution is 0.499. The number of hydrogen-bond acceptors (Lipinski definition) is 2. The molecule has 0 amide bonds. The van der Waals surface area contributed by atoms with Crippen LogP contribution in [0.2, 0.25) is 0 Å². The molecule has 3 nitrogen and oxygen atoms in total. The van der Waals surface area contributed by atoms with Gasteiger partial charge < -0.3 is 14.7 Å². The van der Waals surface area contributed by atoms with E-state index in [-0.39, 0.29) is 0 Å². The maximum Gasteiger partial charge on any atom is 0.105 e. The summed E-state index contributed by atoms with van der Waals surface area (Å²) in [5.74, 6) is 1.99. The second-order valence-electron chi connectivity index (χ2n) is 3.76. The molecule has 0 spiro atoms. The SMILES string of the molecule is Cc1cc(CNCc2cc[nH]c2)c(C)o1. The van der Waals surface area contributed by atoms with Crippen LogP contribution in [0.25, 0.3) is 0 Å². The molecule has 2 N–H and O–H groups in total. The zero-order chi connectivity index (χ0) is 10.7. The lowest BCUT2D eigenvalue weighted by Gasteiger charge is -2.01. The van der Waals surface area contributed by atoms with Crippen LogP contribution in [0.15, 0.2) is 28.9 Å². The van der Waals surface area contributed by atoms with Crippen molar-refractivity contribution < 1.29 is 4.42 Å². The molecule has 80 valence electrons. The van der Waals surface area contributed by atoms with Crippen LogP contribution < -0.4 is 5.32 Å². The molecule has 0 aliphatic carbocycles. The van der Waals surface area contributed by atoms with Crippen LogP contribution in [0.1, 0.15) is 22.6 Å². The number of aryl methyl sites for hydroxylation is 2. The molecule has 0 fully saturated rings. The number of nitrogens with one attached hydrogen (secondary N) is 2. The van der Waals surface area contributed by atoms with Gasteiger partial charge in [-0.25, -0.2) is 0 Å². The summed E-state index contributed by atoms with van der Waals surface area (Å²) in [7, 11) is 0. The van der Waals surface area contributed by atoms with Gasteiger partial charge in [0.2, 0.25) is 0 Å². The Balaban J connectivity index is 1.86. The van der Waals surface area contributed by atoms with E-state index in [0.29, 0.717) is 0 Å². The second kappa shape index (κ2) is 4.36. The summed E-state index contributed by atoms with van der Waals surface area (Å²) >= 11 is 0. The largest absolute Gasteiger partial charge is 0.466 e. The molecule has 2 aromatic rings. The molecule has 15 heavy (non-hydrogen) atoms. The predicted octanol–water partition coefficient (Wildman–Crippen LogP) is 2.51. The van der Waals surface area contributed by atoms with Gasteiger partial charge in [0, 0.05) is 31.0 Å². The van der Waals surface area contributed by atoms with Gasteiger partial charge in [-0.15, -0.1) is 0 Å². The monoisotopic (exact) mass is 204 g/mol. The Morgan fingerprint density at radius 1 is 1.33 bits per heavy atom. The van der Waals surface area contributed by atoms with Gasteiger partial charge in [0.15, 0.2) is 0 Å². The maximum absolute atomic E-state index is 5.46. The van der Waals surface area contributed by atoms with E-state index in [0.717, 1.165) is 24.6 Å². The lowest BCUT2D eigenvalue weighted by Crippen LogP contribution is -2.12. The van der Waals surface area contributed by atoms with Crippen molar-refractivity contribution in [3.05, 3.63) is 47.2 Å². The summed E-state index contributed by atoms with van der Waals surface area (Å²) in [6.45, 7) is 5.71. The Bertz CT molecular complexity index is 415. The summed E-state index contributed by atoms with van der Waals surface area (Å²) in [4.78, 5) is 3.04. The highest BCUT2D eigenvalue weighted by atomic mass is 16.3. The zero-order valence-electron chi connectivity index (χ0n) is 9.13. The molecular formula is C12H16N2O. The Morgan fingerprint density at radius 3 is 2.80 bits per heavy atom. The fourth-order valence-corrected chi connectivity index (χ4v) is 1.67. The van der Waals surface area contributed by atoms with Crippen LogP contribution in [0.4, 0.5) is 0 Å². The minimum Gasteiger partial charge on any atom is -0.466 e. The van der Waals surface area contributed by atoms with Crippen molar-refractivity contribution in [1.82, 2.24) is 10.3 Å². The number of furan rings is 1. The predicted molar refractivity (Wildman–Crippen MR) is 59.5 cm³/mol. The van der Waals surface area contributed by atoms with Crippen molar-refractivity contribution in [1.29, 1.82) is 0 Å². The Labute approximate surface area is 89.5 Å². The van der Waals surface area contributed by atoms with Crippen molar-refractivity contribution >= 4 is 0 Å². The van der Waals surface area contributed by atoms with Crippen LogP contribution >= 0.6 is 0 Å². The summed E-state index contributed by atoms with van der Waals surface area (Å²) in [5, 5.41) is 3.38. The fraction of sp³-hybridized carbons (Fsp3) is 0.333. The van der Waals surface area contributed by atoms with E-state index in [2.05, 4.69) is 22.4 Å². The lowest BCUT2D eigenvalue weighted by atomic mass is 10.2. The second-order valence-corrected chi connectivity index (χ2v) is 3.76. The van der Waals surface area contributed by atoms with Crippen molar-refractivity contribution in [3.8, 4) is 0 Å². The minimum atomic E-state index is 0.856. The maximum atomic E-state index is 5.46. The summed E-state index contributed by atoms with van der Waals surface area (Å²) in [6, 6.07) is 4.15. The molecule has 0 atom stereocenters. The quantitative estimate of drug-likeness (QED) is 0.803. The van der Waals surface area contributed by atoms with Gasteiger partial charge in [0.05, 0.1) is 0 Å². The Kier molecular flexibility index (Phi) is 2.92. The van der Waals surface area contributed by atoms with Crippen LogP contribution in [-0.2, 0) is 13.1 Å². The Hall–Kier alpha value is -1.48. The van der Waals surface area contributed by atoms with Crippen molar-refractivity contribution in [2.24, 2.45) is 0 Å². The molecule has 2 aromatic heterocycles. The fourth-order valence-electron chi connectivity index (χ4n) is 1.67. The average Bonchev–Trinajstić information content (AvgIpc) is 2.77. The summed E-state index contributed by atoms with van der Waals surface area (Å²) in [6.07, 6.45) is 3.94. The first-order chi connectivity index (χ1) is 7.25. The molecule has 0 unspecified atom stereocenters. The molecule has 0 aromatic carbocycles. The summed E-state index contributed by atoms with van der Waals surface area (Å²) < 4.78 is 5.46. The van der Waals surface area contributed by atoms with Gasteiger partial charge in [0.1, 0.15) is 11.5 Å². The topological polar surface area (TPSA) is 41.0 Å². The van der Waals surface area contributed by atoms with E-state index in [1.54, 1.807) is 0 Å². The molecular weight excluding hydrogens is 188 g/mol. The first kappa shape index (κ1) is 10.1. The first-order valence-corrected chi connectivity index (χ1v) is 5.14. The Morgan fingerprint density at radius 2 is 2.20 bits per heavy atom. The molecule has 2 heterocycles. The van der Waals surface area contributed by atoms with Gasteiger partial charge in [-0.1, -0.05) is 0 Å². The molecule has 0 saturated carbocycles. The molecule has 0 aliphatic rings. The van der Waals surface area contributed by atoms with E-state index in [9.17, 15) is 0 Å². The van der Waals surface area contributed by atoms with E-state index >= 15 is 0 Å². The third kappa shape index (κ3) is 2.50. The highest BCUT2D eigenvalue weighted by Crippen LogP contribution is 2.13. The molecule has 0 bridgehead atoms. The highest BCUT2D eigenvalue weighted by molar-refractivity contribution is 5.20. The number of H-pyrrole nitrogens is 1. The van der Waals surface area contributed by atoms with Gasteiger partial charge in [-0.05, 0) is 31.5 Å². The normalized spacial score (nSPS) is 10.8. The smallest absolute Gasteiger partial charge is 0.105 e. The van der Waals surface area contributed by atoms with Crippen LogP contribution in [0.5, 0.6) is 0 Å². The van der Waals surface area contributed by atoms with Crippen LogP contribution in [-0.4, -0.2) is 4.98 Å². The van der Waals surface area contributed by atoms with Crippen LogP contribution in [0, 0.1) is 13.8 Å². The first-order valence-electron chi connectivity index (χ1n) is 5.14. The highest BCUT2D eigenvalue weighted by Gasteiger charge is 2.03. The third-order valence-electron chi connectivity index (χ3n) is 2.45. The van der Waals surface area contributed by atoms with Gasteiger partial charge in [-0.3, -0.25) is 0 Å². The van der Waals surface area contributed by atoms with Crippen LogP contribution in [0.3, 0.4) is 0 Å². The van der Waals surface area contributed by atoms with E-state index < -0.39 is 0 Å². The molecule has 3 heteroatoms. The number of aromatic nitrogens is 1.